The minimum atomic E-state index is -0.0662. The number of hydrogen-bond acceptors (Lipinski definition) is 3. The van der Waals surface area contributed by atoms with E-state index < -0.39 is 0 Å². The van der Waals surface area contributed by atoms with Gasteiger partial charge < -0.3 is 4.74 Å². The van der Waals surface area contributed by atoms with Crippen molar-refractivity contribution >= 4 is 34.6 Å². The van der Waals surface area contributed by atoms with Gasteiger partial charge in [-0.25, -0.2) is 0 Å². The van der Waals surface area contributed by atoms with E-state index in [1.807, 2.05) is 12.1 Å². The van der Waals surface area contributed by atoms with E-state index in [9.17, 15) is 4.79 Å². The van der Waals surface area contributed by atoms with Crippen molar-refractivity contribution in [2.75, 3.05) is 6.61 Å². The molecule has 0 aliphatic heterocycles. The maximum absolute atomic E-state index is 12.2. The molecular weight excluding hydrogens is 321 g/mol. The number of ether oxygens (including phenoxy) is 1. The minimum absolute atomic E-state index is 0.0434. The number of carbonyl (C=O) groups excluding carboxylic acids is 1. The fourth-order valence-electron chi connectivity index (χ4n) is 4.28. The summed E-state index contributed by atoms with van der Waals surface area (Å²) in [7, 11) is 0. The van der Waals surface area contributed by atoms with Crippen LogP contribution in [0.1, 0.15) is 30.4 Å². The van der Waals surface area contributed by atoms with Crippen LogP contribution in [0.4, 0.5) is 0 Å². The summed E-state index contributed by atoms with van der Waals surface area (Å²) >= 11 is 12.8. The molecule has 1 saturated carbocycles. The predicted molar refractivity (Wildman–Crippen MR) is 84.0 cm³/mol. The number of fused-ring (bicyclic) bond motifs is 3. The van der Waals surface area contributed by atoms with Crippen LogP contribution in [0.25, 0.3) is 5.57 Å². The lowest BCUT2D eigenvalue weighted by Gasteiger charge is -2.29. The summed E-state index contributed by atoms with van der Waals surface area (Å²) in [5.41, 5.74) is 3.08. The molecule has 0 radical (unpaired) electrons. The van der Waals surface area contributed by atoms with Crippen molar-refractivity contribution in [1.29, 1.82) is 5.26 Å². The third-order valence-electron chi connectivity index (χ3n) is 5.21. The van der Waals surface area contributed by atoms with Gasteiger partial charge in [0.2, 0.25) is 0 Å². The Labute approximate surface area is 138 Å². The molecule has 4 rings (SSSR count). The molecule has 0 saturated heterocycles. The van der Waals surface area contributed by atoms with Crippen LogP contribution >= 0.6 is 23.2 Å². The monoisotopic (exact) mass is 333 g/mol. The molecule has 112 valence electrons. The molecule has 0 aromatic heterocycles. The molecule has 0 amide bonds. The van der Waals surface area contributed by atoms with E-state index in [1.54, 1.807) is 6.08 Å². The highest BCUT2D eigenvalue weighted by molar-refractivity contribution is 6.44. The molecule has 2 unspecified atom stereocenters. The number of nitrogens with zero attached hydrogens (tertiary/aromatic N) is 1. The summed E-state index contributed by atoms with van der Waals surface area (Å²) < 4.78 is 5.38. The highest BCUT2D eigenvalue weighted by Crippen LogP contribution is 2.62. The normalized spacial score (nSPS) is 28.0. The zero-order chi connectivity index (χ0) is 15.5. The average molecular weight is 334 g/mol. The van der Waals surface area contributed by atoms with Crippen LogP contribution in [-0.2, 0) is 11.2 Å². The topological polar surface area (TPSA) is 50.1 Å². The van der Waals surface area contributed by atoms with Crippen LogP contribution in [0.3, 0.4) is 0 Å². The summed E-state index contributed by atoms with van der Waals surface area (Å²) in [6.45, 7) is -0.0662. The maximum Gasteiger partial charge on any atom is 0.174 e. The molecule has 2 bridgehead atoms. The van der Waals surface area contributed by atoms with Gasteiger partial charge in [0.1, 0.15) is 16.8 Å². The van der Waals surface area contributed by atoms with Crippen molar-refractivity contribution in [3.05, 3.63) is 33.3 Å². The first-order valence-corrected chi connectivity index (χ1v) is 8.08. The Kier molecular flexibility index (Phi) is 3.04. The molecule has 3 aliphatic carbocycles. The van der Waals surface area contributed by atoms with Crippen molar-refractivity contribution in [1.82, 2.24) is 0 Å². The van der Waals surface area contributed by atoms with Crippen molar-refractivity contribution in [2.24, 2.45) is 11.3 Å². The number of benzene rings is 1. The van der Waals surface area contributed by atoms with Gasteiger partial charge in [0, 0.05) is 16.9 Å². The van der Waals surface area contributed by atoms with Crippen LogP contribution in [0.5, 0.6) is 5.75 Å². The number of halogens is 2. The molecular formula is C17H13Cl2NO2. The standard InChI is InChI=1S/C17H13Cl2NO2/c18-15-13(22-4-3-20)5-10-8-17-2-1-9(7-17)12(21)6-11(17)14(10)16(15)19/h5-6,9H,1-2,4,7-8H2. The summed E-state index contributed by atoms with van der Waals surface area (Å²) in [4.78, 5) is 12.2. The summed E-state index contributed by atoms with van der Waals surface area (Å²) in [5, 5.41) is 9.42. The van der Waals surface area contributed by atoms with Crippen molar-refractivity contribution < 1.29 is 9.53 Å². The van der Waals surface area contributed by atoms with Gasteiger partial charge in [-0.1, -0.05) is 23.2 Å². The summed E-state index contributed by atoms with van der Waals surface area (Å²) in [6.07, 6.45) is 5.54. The van der Waals surface area contributed by atoms with E-state index in [2.05, 4.69) is 0 Å². The SMILES string of the molecule is N#CCOc1cc2c(c(Cl)c1Cl)C1=CC(=O)C3CCC1(C2)C3. The van der Waals surface area contributed by atoms with E-state index in [0.29, 0.717) is 15.8 Å². The highest BCUT2D eigenvalue weighted by Gasteiger charge is 2.52. The number of rotatable bonds is 2. The molecule has 0 heterocycles. The second kappa shape index (κ2) is 4.75. The van der Waals surface area contributed by atoms with Gasteiger partial charge in [-0.05, 0) is 49.0 Å². The number of hydrogen-bond donors (Lipinski definition) is 0. The van der Waals surface area contributed by atoms with Gasteiger partial charge >= 0.3 is 0 Å². The van der Waals surface area contributed by atoms with E-state index in [4.69, 9.17) is 33.2 Å². The van der Waals surface area contributed by atoms with Crippen molar-refractivity contribution in [3.8, 4) is 11.8 Å². The number of nitriles is 1. The molecule has 1 aromatic carbocycles. The average Bonchev–Trinajstić information content (AvgIpc) is 3.02. The Balaban J connectivity index is 1.87. The summed E-state index contributed by atoms with van der Waals surface area (Å²) in [5.74, 6) is 0.832. The van der Waals surface area contributed by atoms with Crippen molar-refractivity contribution in [3.63, 3.8) is 0 Å². The Morgan fingerprint density at radius 2 is 2.23 bits per heavy atom. The van der Waals surface area contributed by atoms with E-state index in [-0.39, 0.29) is 23.7 Å². The predicted octanol–water partition coefficient (Wildman–Crippen LogP) is 4.20. The lowest BCUT2D eigenvalue weighted by Crippen LogP contribution is -2.23. The zero-order valence-electron chi connectivity index (χ0n) is 11.8. The highest BCUT2D eigenvalue weighted by atomic mass is 35.5. The number of carbonyl (C=O) groups is 1. The molecule has 5 heteroatoms. The van der Waals surface area contributed by atoms with Gasteiger partial charge in [-0.15, -0.1) is 0 Å². The lowest BCUT2D eigenvalue weighted by molar-refractivity contribution is -0.118. The quantitative estimate of drug-likeness (QED) is 0.814. The molecule has 1 spiro atoms. The third-order valence-corrected chi connectivity index (χ3v) is 6.06. The van der Waals surface area contributed by atoms with Crippen LogP contribution in [0, 0.1) is 22.7 Å². The smallest absolute Gasteiger partial charge is 0.174 e. The molecule has 3 nitrogen and oxygen atoms in total. The molecule has 22 heavy (non-hydrogen) atoms. The first-order chi connectivity index (χ1) is 10.6. The van der Waals surface area contributed by atoms with Crippen LogP contribution in [0.2, 0.25) is 10.0 Å². The second-order valence-electron chi connectivity index (χ2n) is 6.34. The van der Waals surface area contributed by atoms with Crippen LogP contribution in [0.15, 0.2) is 12.1 Å². The minimum Gasteiger partial charge on any atom is -0.477 e. The fraction of sp³-hybridized carbons (Fsp3) is 0.412. The largest absolute Gasteiger partial charge is 0.477 e. The molecule has 2 atom stereocenters. The fourth-order valence-corrected chi connectivity index (χ4v) is 4.80. The molecule has 3 aliphatic rings. The zero-order valence-corrected chi connectivity index (χ0v) is 13.3. The van der Waals surface area contributed by atoms with Gasteiger partial charge in [0.15, 0.2) is 12.4 Å². The van der Waals surface area contributed by atoms with Gasteiger partial charge in [-0.3, -0.25) is 4.79 Å². The maximum atomic E-state index is 12.2. The lowest BCUT2D eigenvalue weighted by atomic mass is 9.74. The third kappa shape index (κ3) is 1.77. The van der Waals surface area contributed by atoms with Gasteiger partial charge in [0.25, 0.3) is 0 Å². The van der Waals surface area contributed by atoms with Crippen LogP contribution < -0.4 is 4.74 Å². The Bertz CT molecular complexity index is 778. The number of allylic oxidation sites excluding steroid dienone is 2. The van der Waals surface area contributed by atoms with Crippen molar-refractivity contribution in [2.45, 2.75) is 25.7 Å². The molecule has 1 fully saturated rings. The first-order valence-electron chi connectivity index (χ1n) is 7.33. The van der Waals surface area contributed by atoms with Crippen LogP contribution in [-0.4, -0.2) is 12.4 Å². The van der Waals surface area contributed by atoms with E-state index in [0.717, 1.165) is 42.4 Å². The number of ketones is 1. The van der Waals surface area contributed by atoms with Gasteiger partial charge in [-0.2, -0.15) is 5.26 Å². The van der Waals surface area contributed by atoms with E-state index in [1.165, 1.54) is 0 Å². The summed E-state index contributed by atoms with van der Waals surface area (Å²) in [6, 6.07) is 3.81. The Morgan fingerprint density at radius 1 is 1.41 bits per heavy atom. The molecule has 1 aromatic rings. The molecule has 0 N–H and O–H groups in total. The first kappa shape index (κ1) is 14.1. The Morgan fingerprint density at radius 3 is 3.00 bits per heavy atom. The van der Waals surface area contributed by atoms with E-state index >= 15 is 0 Å². The second-order valence-corrected chi connectivity index (χ2v) is 7.10. The Hall–Kier alpha value is -1.50. The van der Waals surface area contributed by atoms with Gasteiger partial charge in [0.05, 0.1) is 5.02 Å².